The van der Waals surface area contributed by atoms with Gasteiger partial charge in [0.1, 0.15) is 5.82 Å². The number of ether oxygens (including phenoxy) is 1. The van der Waals surface area contributed by atoms with E-state index < -0.39 is 24.3 Å². The van der Waals surface area contributed by atoms with E-state index in [4.69, 9.17) is 24.5 Å². The first-order chi connectivity index (χ1) is 16.6. The van der Waals surface area contributed by atoms with Gasteiger partial charge in [-0.3, -0.25) is 4.90 Å². The number of hydrogen-bond acceptors (Lipinski definition) is 7. The Morgan fingerprint density at radius 1 is 1.11 bits per heavy atom. The number of halogens is 6. The van der Waals surface area contributed by atoms with Crippen LogP contribution in [0.2, 0.25) is 0 Å². The standard InChI is InChI=1S/C17H28N4O.2C2HF3O2/c1-19(2)7-9-21-10-8-20(12-15-5-11-22-14-15)13-16-4-3-6-18-17(16)21;2*3-2(4,5)1(6)7/h3-4,6,15H,5,7-14H2,1-2H3;2*(H,6,7). The summed E-state index contributed by atoms with van der Waals surface area (Å²) in [6.45, 7) is 8.30. The van der Waals surface area contributed by atoms with E-state index in [2.05, 4.69) is 45.9 Å². The number of aliphatic carboxylic acids is 2. The molecule has 2 aliphatic rings. The minimum Gasteiger partial charge on any atom is -0.475 e. The van der Waals surface area contributed by atoms with Gasteiger partial charge in [0, 0.05) is 57.6 Å². The zero-order valence-corrected chi connectivity index (χ0v) is 19.8. The molecule has 0 amide bonds. The number of pyridine rings is 1. The number of carboxylic acids is 2. The van der Waals surface area contributed by atoms with Gasteiger partial charge in [0.25, 0.3) is 0 Å². The first-order valence-corrected chi connectivity index (χ1v) is 10.8. The van der Waals surface area contributed by atoms with Gasteiger partial charge in [-0.15, -0.1) is 0 Å². The molecule has 1 atom stereocenters. The predicted octanol–water partition coefficient (Wildman–Crippen LogP) is 2.57. The summed E-state index contributed by atoms with van der Waals surface area (Å²) in [6, 6.07) is 4.29. The number of aromatic nitrogens is 1. The van der Waals surface area contributed by atoms with Gasteiger partial charge in [-0.05, 0) is 32.5 Å². The molecule has 0 saturated carbocycles. The van der Waals surface area contributed by atoms with Crippen molar-refractivity contribution in [3.8, 4) is 0 Å². The number of likely N-dealkylation sites (N-methyl/N-ethyl adjacent to an activating group) is 1. The Labute approximate surface area is 204 Å². The van der Waals surface area contributed by atoms with E-state index in [0.717, 1.165) is 52.5 Å². The SMILES string of the molecule is CN(C)CCN1CCN(CC2CCOC2)Cc2cccnc21.O=C(O)C(F)(F)F.O=C(O)C(F)(F)F. The normalized spacial score (nSPS) is 18.4. The monoisotopic (exact) mass is 532 g/mol. The Morgan fingerprint density at radius 3 is 2.17 bits per heavy atom. The van der Waals surface area contributed by atoms with Crippen molar-refractivity contribution in [3.63, 3.8) is 0 Å². The van der Waals surface area contributed by atoms with Gasteiger partial charge >= 0.3 is 24.3 Å². The van der Waals surface area contributed by atoms with Gasteiger partial charge in [-0.2, -0.15) is 26.3 Å². The fourth-order valence-electron chi connectivity index (χ4n) is 3.31. The lowest BCUT2D eigenvalue weighted by Gasteiger charge is -2.26. The average molecular weight is 532 g/mol. The number of carbonyl (C=O) groups is 2. The third kappa shape index (κ3) is 11.9. The lowest BCUT2D eigenvalue weighted by molar-refractivity contribution is -0.193. The van der Waals surface area contributed by atoms with E-state index in [-0.39, 0.29) is 0 Å². The van der Waals surface area contributed by atoms with Gasteiger partial charge in [0.05, 0.1) is 6.61 Å². The van der Waals surface area contributed by atoms with Crippen molar-refractivity contribution in [2.45, 2.75) is 25.3 Å². The van der Waals surface area contributed by atoms with Crippen molar-refractivity contribution in [1.82, 2.24) is 14.8 Å². The molecule has 9 nitrogen and oxygen atoms in total. The molecule has 2 aliphatic heterocycles. The molecular formula is C21H30F6N4O5. The van der Waals surface area contributed by atoms with Crippen molar-refractivity contribution in [1.29, 1.82) is 0 Å². The number of fused-ring (bicyclic) bond motifs is 1. The summed E-state index contributed by atoms with van der Waals surface area (Å²) < 4.78 is 69.0. The maximum Gasteiger partial charge on any atom is 0.490 e. The third-order valence-corrected chi connectivity index (χ3v) is 5.09. The fourth-order valence-corrected chi connectivity index (χ4v) is 3.31. The van der Waals surface area contributed by atoms with Crippen LogP contribution in [0, 0.1) is 5.92 Å². The van der Waals surface area contributed by atoms with Gasteiger partial charge < -0.3 is 24.7 Å². The van der Waals surface area contributed by atoms with Crippen molar-refractivity contribution in [2.75, 3.05) is 64.9 Å². The summed E-state index contributed by atoms with van der Waals surface area (Å²) in [5.41, 5.74) is 1.36. The Balaban J connectivity index is 0.000000383. The highest BCUT2D eigenvalue weighted by Crippen LogP contribution is 2.24. The largest absolute Gasteiger partial charge is 0.490 e. The smallest absolute Gasteiger partial charge is 0.475 e. The maximum absolute atomic E-state index is 10.6. The van der Waals surface area contributed by atoms with Gasteiger partial charge in [0.15, 0.2) is 0 Å². The van der Waals surface area contributed by atoms with Crippen molar-refractivity contribution >= 4 is 17.8 Å². The highest BCUT2D eigenvalue weighted by atomic mass is 19.4. The lowest BCUT2D eigenvalue weighted by Crippen LogP contribution is -2.37. The van der Waals surface area contributed by atoms with E-state index in [1.807, 2.05) is 6.20 Å². The first-order valence-electron chi connectivity index (χ1n) is 10.8. The lowest BCUT2D eigenvalue weighted by atomic mass is 10.1. The average Bonchev–Trinajstić information content (AvgIpc) is 3.20. The molecule has 0 spiro atoms. The summed E-state index contributed by atoms with van der Waals surface area (Å²) in [5, 5.41) is 14.2. The molecule has 3 heterocycles. The van der Waals surface area contributed by atoms with E-state index >= 15 is 0 Å². The number of alkyl halides is 6. The molecule has 0 bridgehead atoms. The van der Waals surface area contributed by atoms with Crippen LogP contribution >= 0.6 is 0 Å². The summed E-state index contributed by atoms with van der Waals surface area (Å²) in [4.78, 5) is 29.7. The van der Waals surface area contributed by atoms with Crippen molar-refractivity contribution in [2.24, 2.45) is 5.92 Å². The number of carboxylic acid groups (broad SMARTS) is 2. The summed E-state index contributed by atoms with van der Waals surface area (Å²) >= 11 is 0. The summed E-state index contributed by atoms with van der Waals surface area (Å²) in [6.07, 6.45) is -7.04. The number of rotatable bonds is 5. The minimum atomic E-state index is -5.08. The summed E-state index contributed by atoms with van der Waals surface area (Å²) in [5.74, 6) is -3.64. The number of anilines is 1. The Hall–Kier alpha value is -2.65. The zero-order valence-electron chi connectivity index (χ0n) is 19.8. The highest BCUT2D eigenvalue weighted by Gasteiger charge is 2.38. The highest BCUT2D eigenvalue weighted by molar-refractivity contribution is 5.73. The molecule has 3 rings (SSSR count). The Bertz CT molecular complexity index is 808. The van der Waals surface area contributed by atoms with E-state index in [0.29, 0.717) is 5.92 Å². The van der Waals surface area contributed by atoms with Crippen molar-refractivity contribution in [3.05, 3.63) is 23.9 Å². The van der Waals surface area contributed by atoms with Crippen LogP contribution in [0.25, 0.3) is 0 Å². The van der Waals surface area contributed by atoms with E-state index in [1.54, 1.807) is 0 Å². The fraction of sp³-hybridized carbons (Fsp3) is 0.667. The van der Waals surface area contributed by atoms with Gasteiger partial charge in [0.2, 0.25) is 0 Å². The zero-order chi connectivity index (χ0) is 27.5. The number of nitrogens with zero attached hydrogens (tertiary/aromatic N) is 4. The predicted molar refractivity (Wildman–Crippen MR) is 117 cm³/mol. The molecule has 1 saturated heterocycles. The van der Waals surface area contributed by atoms with Crippen LogP contribution in [0.3, 0.4) is 0 Å². The van der Waals surface area contributed by atoms with Crippen LogP contribution in [0.1, 0.15) is 12.0 Å². The molecule has 15 heteroatoms. The molecule has 2 N–H and O–H groups in total. The molecule has 1 unspecified atom stereocenters. The van der Waals surface area contributed by atoms with E-state index in [9.17, 15) is 26.3 Å². The molecular weight excluding hydrogens is 502 g/mol. The second-order valence-electron chi connectivity index (χ2n) is 8.35. The topological polar surface area (TPSA) is 106 Å². The molecule has 0 aliphatic carbocycles. The van der Waals surface area contributed by atoms with Crippen LogP contribution in [-0.4, -0.2) is 109 Å². The second-order valence-corrected chi connectivity index (χ2v) is 8.35. The molecule has 1 aromatic heterocycles. The summed E-state index contributed by atoms with van der Waals surface area (Å²) in [7, 11) is 4.26. The van der Waals surface area contributed by atoms with Crippen LogP contribution < -0.4 is 4.90 Å². The van der Waals surface area contributed by atoms with Crippen LogP contribution in [-0.2, 0) is 20.9 Å². The first kappa shape index (κ1) is 31.4. The van der Waals surface area contributed by atoms with Gasteiger partial charge in [-0.1, -0.05) is 6.07 Å². The van der Waals surface area contributed by atoms with Crippen LogP contribution in [0.4, 0.5) is 32.2 Å². The molecule has 36 heavy (non-hydrogen) atoms. The molecule has 0 radical (unpaired) electrons. The quantitative estimate of drug-likeness (QED) is 0.554. The maximum atomic E-state index is 10.6. The molecule has 1 fully saturated rings. The molecule has 0 aromatic carbocycles. The number of hydrogen-bond donors (Lipinski definition) is 2. The third-order valence-electron chi connectivity index (χ3n) is 5.09. The molecule has 206 valence electrons. The Morgan fingerprint density at radius 2 is 1.69 bits per heavy atom. The minimum absolute atomic E-state index is 0.702. The van der Waals surface area contributed by atoms with Gasteiger partial charge in [-0.25, -0.2) is 14.6 Å². The van der Waals surface area contributed by atoms with Crippen molar-refractivity contribution < 1.29 is 50.9 Å². The van der Waals surface area contributed by atoms with E-state index in [1.165, 1.54) is 17.8 Å². The van der Waals surface area contributed by atoms with Crippen LogP contribution in [0.5, 0.6) is 0 Å². The molecule has 1 aromatic rings. The second kappa shape index (κ2) is 14.2. The van der Waals surface area contributed by atoms with Crippen LogP contribution in [0.15, 0.2) is 18.3 Å². The Kier molecular flexibility index (Phi) is 12.4.